The molecule has 1 aliphatic heterocycles. The van der Waals surface area contributed by atoms with Gasteiger partial charge in [-0.1, -0.05) is 36.4 Å². The van der Waals surface area contributed by atoms with Gasteiger partial charge < -0.3 is 14.2 Å². The Bertz CT molecular complexity index is 859. The molecule has 1 saturated carbocycles. The first-order valence-corrected chi connectivity index (χ1v) is 9.92. The topological polar surface area (TPSA) is 48.0 Å². The molecule has 0 amide bonds. The molecule has 0 N–H and O–H groups in total. The van der Waals surface area contributed by atoms with E-state index in [1.807, 2.05) is 48.5 Å². The second-order valence-electron chi connectivity index (χ2n) is 7.69. The van der Waals surface area contributed by atoms with E-state index < -0.39 is 12.2 Å². The fraction of sp³-hybridized carbons (Fsp3) is 0.435. The SMILES string of the molecule is COc1ccc(CN2C3CC(F)C(C3)C2C(=O)OCc2ccccc2)c(OC)c1. The largest absolute Gasteiger partial charge is 0.497 e. The average Bonchev–Trinajstić information content (AvgIpc) is 3.30. The summed E-state index contributed by atoms with van der Waals surface area (Å²) in [5.41, 5.74) is 1.86. The first kappa shape index (κ1) is 19.7. The number of halogens is 1. The van der Waals surface area contributed by atoms with Crippen LogP contribution in [-0.4, -0.2) is 43.3 Å². The Kier molecular flexibility index (Phi) is 5.72. The number of nitrogens with zero attached hydrogens (tertiary/aromatic N) is 1. The summed E-state index contributed by atoms with van der Waals surface area (Å²) in [7, 11) is 3.21. The van der Waals surface area contributed by atoms with E-state index in [0.717, 1.165) is 11.1 Å². The van der Waals surface area contributed by atoms with Gasteiger partial charge >= 0.3 is 5.97 Å². The van der Waals surface area contributed by atoms with E-state index >= 15 is 0 Å². The maximum atomic E-state index is 14.5. The van der Waals surface area contributed by atoms with E-state index in [0.29, 0.717) is 30.9 Å². The Labute approximate surface area is 170 Å². The number of hydrogen-bond donors (Lipinski definition) is 0. The standard InChI is InChI=1S/C23H26FNO4/c1-27-18-9-8-16(21(12-18)28-2)13-25-17-10-19(20(24)11-17)22(25)23(26)29-14-15-6-4-3-5-7-15/h3-9,12,17,19-20,22H,10-11,13-14H2,1-2H3. The molecule has 0 aromatic heterocycles. The molecule has 1 aliphatic carbocycles. The summed E-state index contributed by atoms with van der Waals surface area (Å²) in [4.78, 5) is 15.0. The van der Waals surface area contributed by atoms with Gasteiger partial charge in [0.1, 0.15) is 30.3 Å². The molecule has 2 aromatic carbocycles. The number of carbonyl (C=O) groups is 1. The van der Waals surface area contributed by atoms with E-state index in [4.69, 9.17) is 14.2 Å². The van der Waals surface area contributed by atoms with Crippen molar-refractivity contribution in [1.82, 2.24) is 4.90 Å². The zero-order valence-corrected chi connectivity index (χ0v) is 16.7. The summed E-state index contributed by atoms with van der Waals surface area (Å²) in [6.07, 6.45) is 0.194. The normalized spacial score (nSPS) is 25.8. The van der Waals surface area contributed by atoms with Crippen LogP contribution in [0.1, 0.15) is 24.0 Å². The molecule has 6 heteroatoms. The molecule has 5 nitrogen and oxygen atoms in total. The van der Waals surface area contributed by atoms with Crippen molar-refractivity contribution in [3.63, 3.8) is 0 Å². The summed E-state index contributed by atoms with van der Waals surface area (Å²) < 4.78 is 30.8. The van der Waals surface area contributed by atoms with Gasteiger partial charge in [-0.2, -0.15) is 0 Å². The van der Waals surface area contributed by atoms with Crippen molar-refractivity contribution in [2.45, 2.75) is 44.2 Å². The molecule has 0 radical (unpaired) electrons. The van der Waals surface area contributed by atoms with Crippen LogP contribution < -0.4 is 9.47 Å². The quantitative estimate of drug-likeness (QED) is 0.664. The van der Waals surface area contributed by atoms with E-state index in [9.17, 15) is 9.18 Å². The molecule has 2 aromatic rings. The fourth-order valence-corrected chi connectivity index (χ4v) is 4.59. The second kappa shape index (κ2) is 8.41. The predicted molar refractivity (Wildman–Crippen MR) is 107 cm³/mol. The van der Waals surface area contributed by atoms with E-state index in [-0.39, 0.29) is 24.5 Å². The van der Waals surface area contributed by atoms with Gasteiger partial charge in [0.2, 0.25) is 0 Å². The third-order valence-electron chi connectivity index (χ3n) is 6.05. The number of benzene rings is 2. The minimum Gasteiger partial charge on any atom is -0.497 e. The van der Waals surface area contributed by atoms with Gasteiger partial charge in [-0.25, -0.2) is 4.39 Å². The van der Waals surface area contributed by atoms with Crippen molar-refractivity contribution < 1.29 is 23.4 Å². The Hall–Kier alpha value is -2.60. The highest BCUT2D eigenvalue weighted by Gasteiger charge is 2.55. The summed E-state index contributed by atoms with van der Waals surface area (Å²) in [5, 5.41) is 0. The first-order valence-electron chi connectivity index (χ1n) is 9.92. The lowest BCUT2D eigenvalue weighted by Gasteiger charge is -2.35. The number of hydrogen-bond acceptors (Lipinski definition) is 5. The highest BCUT2D eigenvalue weighted by Crippen LogP contribution is 2.46. The van der Waals surface area contributed by atoms with Crippen LogP contribution in [0.5, 0.6) is 11.5 Å². The van der Waals surface area contributed by atoms with Crippen LogP contribution in [0.3, 0.4) is 0 Å². The van der Waals surface area contributed by atoms with E-state index in [1.165, 1.54) is 0 Å². The Morgan fingerprint density at radius 1 is 1.10 bits per heavy atom. The lowest BCUT2D eigenvalue weighted by Crippen LogP contribution is -2.49. The number of likely N-dealkylation sites (tertiary alicyclic amines) is 1. The molecule has 4 atom stereocenters. The Balaban J connectivity index is 1.51. The Morgan fingerprint density at radius 2 is 1.90 bits per heavy atom. The van der Waals surface area contributed by atoms with Gasteiger partial charge in [0.15, 0.2) is 0 Å². The first-order chi connectivity index (χ1) is 14.1. The average molecular weight is 399 g/mol. The van der Waals surface area contributed by atoms with Gasteiger partial charge in [0.05, 0.1) is 14.2 Å². The smallest absolute Gasteiger partial charge is 0.324 e. The monoisotopic (exact) mass is 399 g/mol. The molecule has 154 valence electrons. The predicted octanol–water partition coefficient (Wildman–Crippen LogP) is 3.75. The third-order valence-corrected chi connectivity index (χ3v) is 6.05. The van der Waals surface area contributed by atoms with Crippen LogP contribution in [0.25, 0.3) is 0 Å². The molecule has 4 rings (SSSR count). The molecule has 4 unspecified atom stereocenters. The van der Waals surface area contributed by atoms with Crippen molar-refractivity contribution in [3.8, 4) is 11.5 Å². The summed E-state index contributed by atoms with van der Waals surface area (Å²) in [6, 6.07) is 14.6. The second-order valence-corrected chi connectivity index (χ2v) is 7.69. The van der Waals surface area contributed by atoms with Gasteiger partial charge in [0.25, 0.3) is 0 Å². The van der Waals surface area contributed by atoms with E-state index in [2.05, 4.69) is 4.90 Å². The number of carbonyl (C=O) groups excluding carboxylic acids is 1. The molecule has 0 spiro atoms. The number of fused-ring (bicyclic) bond motifs is 2. The fourth-order valence-electron chi connectivity index (χ4n) is 4.59. The molecule has 2 fully saturated rings. The van der Waals surface area contributed by atoms with Gasteiger partial charge in [-0.15, -0.1) is 0 Å². The summed E-state index contributed by atoms with van der Waals surface area (Å²) >= 11 is 0. The highest BCUT2D eigenvalue weighted by molar-refractivity contribution is 5.77. The number of methoxy groups -OCH3 is 2. The molecule has 2 bridgehead atoms. The van der Waals surface area contributed by atoms with Gasteiger partial charge in [-0.3, -0.25) is 9.69 Å². The summed E-state index contributed by atoms with van der Waals surface area (Å²) in [5.74, 6) is 0.736. The van der Waals surface area contributed by atoms with Crippen LogP contribution in [0.4, 0.5) is 4.39 Å². The van der Waals surface area contributed by atoms with Crippen LogP contribution in [0.2, 0.25) is 0 Å². The van der Waals surface area contributed by atoms with Crippen LogP contribution in [-0.2, 0) is 22.7 Å². The molecule has 1 saturated heterocycles. The van der Waals surface area contributed by atoms with Crippen molar-refractivity contribution in [1.29, 1.82) is 0 Å². The number of piperidine rings is 1. The zero-order valence-electron chi connectivity index (χ0n) is 16.7. The van der Waals surface area contributed by atoms with Crippen molar-refractivity contribution in [2.75, 3.05) is 14.2 Å². The number of rotatable bonds is 7. The lowest BCUT2D eigenvalue weighted by atomic mass is 9.96. The number of ether oxygens (including phenoxy) is 3. The molecule has 1 heterocycles. The molecular formula is C23H26FNO4. The zero-order chi connectivity index (χ0) is 20.4. The minimum atomic E-state index is -0.955. The maximum absolute atomic E-state index is 14.5. The molecular weight excluding hydrogens is 373 g/mol. The van der Waals surface area contributed by atoms with Crippen molar-refractivity contribution >= 4 is 5.97 Å². The molecule has 2 aliphatic rings. The van der Waals surface area contributed by atoms with E-state index in [1.54, 1.807) is 14.2 Å². The maximum Gasteiger partial charge on any atom is 0.324 e. The van der Waals surface area contributed by atoms with Crippen LogP contribution in [0.15, 0.2) is 48.5 Å². The highest BCUT2D eigenvalue weighted by atomic mass is 19.1. The van der Waals surface area contributed by atoms with Crippen LogP contribution >= 0.6 is 0 Å². The minimum absolute atomic E-state index is 0.0380. The van der Waals surface area contributed by atoms with Gasteiger partial charge in [-0.05, 0) is 24.5 Å². The van der Waals surface area contributed by atoms with Crippen molar-refractivity contribution in [3.05, 3.63) is 59.7 Å². The third kappa shape index (κ3) is 3.94. The van der Waals surface area contributed by atoms with Gasteiger partial charge in [0, 0.05) is 30.1 Å². The lowest BCUT2D eigenvalue weighted by molar-refractivity contribution is -0.154. The number of alkyl halides is 1. The van der Waals surface area contributed by atoms with Crippen molar-refractivity contribution in [2.24, 2.45) is 5.92 Å². The summed E-state index contributed by atoms with van der Waals surface area (Å²) in [6.45, 7) is 0.705. The van der Waals surface area contributed by atoms with Crippen LogP contribution in [0, 0.1) is 5.92 Å². The number of esters is 1. The Morgan fingerprint density at radius 3 is 2.62 bits per heavy atom. The molecule has 29 heavy (non-hydrogen) atoms.